The summed E-state index contributed by atoms with van der Waals surface area (Å²) < 4.78 is 2.03. The summed E-state index contributed by atoms with van der Waals surface area (Å²) in [4.78, 5) is 12.1. The highest BCUT2D eigenvalue weighted by Crippen LogP contribution is 2.23. The first kappa shape index (κ1) is 14.5. The fourth-order valence-electron chi connectivity index (χ4n) is 2.48. The molecule has 0 radical (unpaired) electrons. The number of rotatable bonds is 4. The number of hydrogen-bond donors (Lipinski definition) is 2. The highest BCUT2D eigenvalue weighted by atomic mass is 79.9. The molecule has 0 aromatic carbocycles. The molecule has 5 nitrogen and oxygen atoms in total. The maximum atomic E-state index is 12.1. The van der Waals surface area contributed by atoms with Crippen molar-refractivity contribution in [1.29, 1.82) is 0 Å². The van der Waals surface area contributed by atoms with Gasteiger partial charge in [0.05, 0.1) is 11.9 Å². The molecule has 1 aliphatic carbocycles. The number of nitrogens with one attached hydrogen (secondary N) is 1. The Kier molecular flexibility index (Phi) is 4.99. The van der Waals surface area contributed by atoms with Crippen LogP contribution >= 0.6 is 15.9 Å². The Hall–Kier alpha value is -0.880. The van der Waals surface area contributed by atoms with Crippen LogP contribution in [0.25, 0.3) is 0 Å². The van der Waals surface area contributed by atoms with Gasteiger partial charge in [-0.05, 0) is 35.2 Å². The molecule has 0 unspecified atom stereocenters. The van der Waals surface area contributed by atoms with Gasteiger partial charge in [0.25, 0.3) is 5.56 Å². The maximum absolute atomic E-state index is 12.1. The monoisotopic (exact) mass is 328 g/mol. The summed E-state index contributed by atoms with van der Waals surface area (Å²) in [6.45, 7) is 2.66. The summed E-state index contributed by atoms with van der Waals surface area (Å²) >= 11 is 3.37. The Labute approximate surface area is 121 Å². The van der Waals surface area contributed by atoms with Gasteiger partial charge in [-0.25, -0.2) is 4.68 Å². The SMILES string of the molecule is CCCn1ncc(N[C@@H]2CCCC[C@H]2N)c(Br)c1=O. The van der Waals surface area contributed by atoms with E-state index in [1.807, 2.05) is 6.92 Å². The Balaban J connectivity index is 2.16. The third-order valence-electron chi connectivity index (χ3n) is 3.58. The molecule has 1 aromatic rings. The standard InChI is InChI=1S/C13H21BrN4O/c1-2-7-18-13(19)12(14)11(8-16-18)17-10-6-4-3-5-9(10)15/h8-10,17H,2-7,15H2,1H3/t9-,10-/m1/s1. The smallest absolute Gasteiger partial charge is 0.283 e. The predicted molar refractivity (Wildman–Crippen MR) is 80.3 cm³/mol. The van der Waals surface area contributed by atoms with Crippen molar-refractivity contribution >= 4 is 21.6 Å². The molecule has 106 valence electrons. The molecule has 1 aliphatic rings. The average molecular weight is 329 g/mol. The van der Waals surface area contributed by atoms with E-state index in [4.69, 9.17) is 5.73 Å². The van der Waals surface area contributed by atoms with E-state index < -0.39 is 0 Å². The Bertz CT molecular complexity index is 488. The first-order chi connectivity index (χ1) is 9.13. The van der Waals surface area contributed by atoms with E-state index in [0.29, 0.717) is 11.0 Å². The molecule has 0 aliphatic heterocycles. The van der Waals surface area contributed by atoms with E-state index in [2.05, 4.69) is 26.3 Å². The van der Waals surface area contributed by atoms with Gasteiger partial charge in [0.1, 0.15) is 4.47 Å². The lowest BCUT2D eigenvalue weighted by Crippen LogP contribution is -2.43. The maximum Gasteiger partial charge on any atom is 0.283 e. The summed E-state index contributed by atoms with van der Waals surface area (Å²) in [5, 5.41) is 7.55. The lowest BCUT2D eigenvalue weighted by Gasteiger charge is -2.30. The van der Waals surface area contributed by atoms with E-state index in [0.717, 1.165) is 24.9 Å². The van der Waals surface area contributed by atoms with Crippen LogP contribution in [0.5, 0.6) is 0 Å². The number of aryl methyl sites for hydroxylation is 1. The molecule has 1 fully saturated rings. The number of halogens is 1. The molecule has 3 N–H and O–H groups in total. The van der Waals surface area contributed by atoms with Crippen LogP contribution in [-0.4, -0.2) is 21.9 Å². The molecule has 0 saturated heterocycles. The molecule has 0 amide bonds. The largest absolute Gasteiger partial charge is 0.378 e. The minimum Gasteiger partial charge on any atom is -0.378 e. The van der Waals surface area contributed by atoms with Crippen LogP contribution in [0.2, 0.25) is 0 Å². The van der Waals surface area contributed by atoms with Crippen molar-refractivity contribution in [3.63, 3.8) is 0 Å². The van der Waals surface area contributed by atoms with Crippen LogP contribution < -0.4 is 16.6 Å². The number of nitrogens with zero attached hydrogens (tertiary/aromatic N) is 2. The van der Waals surface area contributed by atoms with Crippen molar-refractivity contribution < 1.29 is 0 Å². The minimum absolute atomic E-state index is 0.0868. The van der Waals surface area contributed by atoms with Crippen LogP contribution in [-0.2, 0) is 6.54 Å². The van der Waals surface area contributed by atoms with Gasteiger partial charge in [-0.15, -0.1) is 0 Å². The summed E-state index contributed by atoms with van der Waals surface area (Å²) in [7, 11) is 0. The van der Waals surface area contributed by atoms with Crippen molar-refractivity contribution in [2.75, 3.05) is 5.32 Å². The van der Waals surface area contributed by atoms with Gasteiger partial charge in [0, 0.05) is 18.6 Å². The van der Waals surface area contributed by atoms with Crippen molar-refractivity contribution in [2.24, 2.45) is 5.73 Å². The van der Waals surface area contributed by atoms with E-state index in [9.17, 15) is 4.79 Å². The molecule has 0 spiro atoms. The first-order valence-corrected chi connectivity index (χ1v) is 7.70. The molecule has 6 heteroatoms. The minimum atomic E-state index is -0.0868. The third kappa shape index (κ3) is 3.36. The predicted octanol–water partition coefficient (Wildman–Crippen LogP) is 2.10. The van der Waals surface area contributed by atoms with Gasteiger partial charge in [-0.2, -0.15) is 5.10 Å². The van der Waals surface area contributed by atoms with Gasteiger partial charge in [-0.3, -0.25) is 4.79 Å². The second-order valence-corrected chi connectivity index (χ2v) is 5.89. The molecule has 1 aromatic heterocycles. The molecule has 0 bridgehead atoms. The van der Waals surface area contributed by atoms with Crippen molar-refractivity contribution in [3.05, 3.63) is 21.0 Å². The Morgan fingerprint density at radius 1 is 1.53 bits per heavy atom. The highest BCUT2D eigenvalue weighted by molar-refractivity contribution is 9.10. The highest BCUT2D eigenvalue weighted by Gasteiger charge is 2.22. The topological polar surface area (TPSA) is 72.9 Å². The summed E-state index contributed by atoms with van der Waals surface area (Å²) in [6, 6.07) is 0.381. The molecular weight excluding hydrogens is 308 g/mol. The van der Waals surface area contributed by atoms with Gasteiger partial charge in [0.2, 0.25) is 0 Å². The zero-order valence-corrected chi connectivity index (χ0v) is 12.8. The lowest BCUT2D eigenvalue weighted by atomic mass is 9.91. The van der Waals surface area contributed by atoms with Crippen molar-refractivity contribution in [2.45, 2.75) is 57.7 Å². The number of anilines is 1. The normalized spacial score (nSPS) is 23.3. The number of aromatic nitrogens is 2. The average Bonchev–Trinajstić information content (AvgIpc) is 2.41. The Morgan fingerprint density at radius 2 is 2.26 bits per heavy atom. The fraction of sp³-hybridized carbons (Fsp3) is 0.692. The number of hydrogen-bond acceptors (Lipinski definition) is 4. The quantitative estimate of drug-likeness (QED) is 0.887. The fourth-order valence-corrected chi connectivity index (χ4v) is 2.90. The van der Waals surface area contributed by atoms with Crippen molar-refractivity contribution in [3.8, 4) is 0 Å². The zero-order chi connectivity index (χ0) is 13.8. The molecule has 1 saturated carbocycles. The summed E-state index contributed by atoms with van der Waals surface area (Å²) in [6.07, 6.45) is 7.06. The third-order valence-corrected chi connectivity index (χ3v) is 4.35. The van der Waals surface area contributed by atoms with Crippen LogP contribution in [0.3, 0.4) is 0 Å². The van der Waals surface area contributed by atoms with Gasteiger partial charge in [-0.1, -0.05) is 19.8 Å². The lowest BCUT2D eigenvalue weighted by molar-refractivity contribution is 0.403. The van der Waals surface area contributed by atoms with E-state index in [1.54, 1.807) is 6.20 Å². The second kappa shape index (κ2) is 6.52. The van der Waals surface area contributed by atoms with Crippen LogP contribution in [0.15, 0.2) is 15.5 Å². The van der Waals surface area contributed by atoms with Crippen LogP contribution in [0.1, 0.15) is 39.0 Å². The van der Waals surface area contributed by atoms with E-state index in [1.165, 1.54) is 17.5 Å². The molecule has 19 heavy (non-hydrogen) atoms. The first-order valence-electron chi connectivity index (χ1n) is 6.91. The van der Waals surface area contributed by atoms with Crippen LogP contribution in [0.4, 0.5) is 5.69 Å². The molecule has 2 atom stereocenters. The van der Waals surface area contributed by atoms with E-state index in [-0.39, 0.29) is 17.6 Å². The molecule has 1 heterocycles. The van der Waals surface area contributed by atoms with E-state index >= 15 is 0 Å². The van der Waals surface area contributed by atoms with Gasteiger partial charge < -0.3 is 11.1 Å². The second-order valence-electron chi connectivity index (χ2n) is 5.10. The number of nitrogens with two attached hydrogens (primary N) is 1. The molecule has 2 rings (SSSR count). The summed E-state index contributed by atoms with van der Waals surface area (Å²) in [5.74, 6) is 0. The van der Waals surface area contributed by atoms with Crippen molar-refractivity contribution in [1.82, 2.24) is 9.78 Å². The zero-order valence-electron chi connectivity index (χ0n) is 11.2. The Morgan fingerprint density at radius 3 is 2.95 bits per heavy atom. The van der Waals surface area contributed by atoms with Gasteiger partial charge in [0.15, 0.2) is 0 Å². The molecular formula is C13H21BrN4O. The summed E-state index contributed by atoms with van der Waals surface area (Å²) in [5.41, 5.74) is 6.77. The van der Waals surface area contributed by atoms with Crippen LogP contribution in [0, 0.1) is 0 Å². The van der Waals surface area contributed by atoms with Gasteiger partial charge >= 0.3 is 0 Å².